The summed E-state index contributed by atoms with van der Waals surface area (Å²) in [5, 5.41) is 8.82. The molecule has 0 saturated heterocycles. The van der Waals surface area contributed by atoms with Crippen LogP contribution in [0.2, 0.25) is 5.02 Å². The number of carbonyl (C=O) groups is 1. The van der Waals surface area contributed by atoms with E-state index >= 15 is 0 Å². The second kappa shape index (κ2) is 6.19. The third-order valence-corrected chi connectivity index (χ3v) is 3.32. The normalized spacial score (nSPS) is 10.3. The van der Waals surface area contributed by atoms with Crippen LogP contribution in [0.4, 0.5) is 4.39 Å². The average Bonchev–Trinajstić information content (AvgIpc) is 2.41. The number of aromatic nitrogens is 1. The molecule has 0 aliphatic rings. The summed E-state index contributed by atoms with van der Waals surface area (Å²) in [6.07, 6.45) is 1.37. The topological polar surface area (TPSA) is 59.4 Å². The first-order valence-electron chi connectivity index (χ1n) is 5.43. The van der Waals surface area contributed by atoms with Gasteiger partial charge in [0.2, 0.25) is 0 Å². The Bertz CT molecular complexity index is 666. The molecule has 0 atom stereocenters. The first-order chi connectivity index (χ1) is 9.47. The Balaban J connectivity index is 2.15. The quantitative estimate of drug-likeness (QED) is 0.840. The van der Waals surface area contributed by atoms with Crippen LogP contribution in [0.3, 0.4) is 0 Å². The summed E-state index contributed by atoms with van der Waals surface area (Å²) in [6.45, 7) is 0.0858. The highest BCUT2D eigenvalue weighted by atomic mass is 79.9. The van der Waals surface area contributed by atoms with Crippen LogP contribution >= 0.6 is 27.5 Å². The highest BCUT2D eigenvalue weighted by Crippen LogP contribution is 2.31. The standard InChI is InChI=1S/C13H8BrClFNO3/c14-8-4-9(15)10(16)5-12(8)20-6-7-1-2-17-11(3-7)13(18)19/h1-5H,6H2,(H,18,19). The zero-order valence-corrected chi connectivity index (χ0v) is 12.3. The van der Waals surface area contributed by atoms with E-state index in [9.17, 15) is 9.18 Å². The Morgan fingerprint density at radius 3 is 2.90 bits per heavy atom. The third kappa shape index (κ3) is 3.46. The molecule has 1 aromatic heterocycles. The average molecular weight is 361 g/mol. The lowest BCUT2D eigenvalue weighted by Gasteiger charge is -2.09. The Morgan fingerprint density at radius 1 is 1.45 bits per heavy atom. The summed E-state index contributed by atoms with van der Waals surface area (Å²) >= 11 is 8.83. The molecule has 104 valence electrons. The van der Waals surface area contributed by atoms with Crippen LogP contribution in [0, 0.1) is 5.82 Å². The molecule has 7 heteroatoms. The van der Waals surface area contributed by atoms with Gasteiger partial charge in [0, 0.05) is 12.3 Å². The van der Waals surface area contributed by atoms with Gasteiger partial charge >= 0.3 is 5.97 Å². The molecule has 1 heterocycles. The lowest BCUT2D eigenvalue weighted by Crippen LogP contribution is -2.03. The van der Waals surface area contributed by atoms with E-state index in [2.05, 4.69) is 20.9 Å². The van der Waals surface area contributed by atoms with Crippen molar-refractivity contribution >= 4 is 33.5 Å². The van der Waals surface area contributed by atoms with Crippen molar-refractivity contribution in [1.29, 1.82) is 0 Å². The number of hydrogen-bond donors (Lipinski definition) is 1. The molecule has 0 spiro atoms. The fourth-order valence-corrected chi connectivity index (χ4v) is 2.21. The minimum atomic E-state index is -1.12. The van der Waals surface area contributed by atoms with Crippen molar-refractivity contribution < 1.29 is 19.0 Å². The molecule has 0 radical (unpaired) electrons. The summed E-state index contributed by atoms with van der Waals surface area (Å²) in [4.78, 5) is 14.5. The van der Waals surface area contributed by atoms with Crippen LogP contribution in [0.1, 0.15) is 16.1 Å². The molecule has 1 aromatic carbocycles. The van der Waals surface area contributed by atoms with Crippen molar-refractivity contribution in [3.05, 3.63) is 57.0 Å². The number of rotatable bonds is 4. The Kier molecular flexibility index (Phi) is 4.57. The predicted octanol–water partition coefficient (Wildman–Crippen LogP) is 3.91. The zero-order chi connectivity index (χ0) is 14.7. The van der Waals surface area contributed by atoms with Crippen molar-refractivity contribution in [2.45, 2.75) is 6.61 Å². The van der Waals surface area contributed by atoms with E-state index in [-0.39, 0.29) is 23.1 Å². The molecule has 0 aliphatic carbocycles. The van der Waals surface area contributed by atoms with Gasteiger partial charge in [0.25, 0.3) is 0 Å². The van der Waals surface area contributed by atoms with Gasteiger partial charge in [0.05, 0.1) is 9.50 Å². The molecule has 0 aliphatic heterocycles. The maximum Gasteiger partial charge on any atom is 0.354 e. The summed E-state index contributed by atoms with van der Waals surface area (Å²) < 4.78 is 19.3. The van der Waals surface area contributed by atoms with Crippen molar-refractivity contribution in [1.82, 2.24) is 4.98 Å². The molecule has 4 nitrogen and oxygen atoms in total. The predicted molar refractivity (Wildman–Crippen MR) is 74.6 cm³/mol. The number of aromatic carboxylic acids is 1. The van der Waals surface area contributed by atoms with Crippen LogP contribution in [0.5, 0.6) is 5.75 Å². The van der Waals surface area contributed by atoms with Gasteiger partial charge in [-0.15, -0.1) is 0 Å². The van der Waals surface area contributed by atoms with E-state index in [4.69, 9.17) is 21.4 Å². The van der Waals surface area contributed by atoms with E-state index in [0.717, 1.165) is 6.07 Å². The molecule has 20 heavy (non-hydrogen) atoms. The number of halogens is 3. The van der Waals surface area contributed by atoms with Gasteiger partial charge in [-0.05, 0) is 39.7 Å². The molecule has 0 fully saturated rings. The van der Waals surface area contributed by atoms with Crippen LogP contribution in [-0.2, 0) is 6.61 Å². The number of pyridine rings is 1. The highest BCUT2D eigenvalue weighted by molar-refractivity contribution is 9.10. The smallest absolute Gasteiger partial charge is 0.354 e. The number of benzene rings is 1. The number of carboxylic acid groups (broad SMARTS) is 1. The molecule has 0 unspecified atom stereocenters. The third-order valence-electron chi connectivity index (χ3n) is 2.41. The van der Waals surface area contributed by atoms with E-state index in [1.54, 1.807) is 6.07 Å². The van der Waals surface area contributed by atoms with Gasteiger partial charge in [0.15, 0.2) is 0 Å². The van der Waals surface area contributed by atoms with Gasteiger partial charge in [-0.1, -0.05) is 11.6 Å². The van der Waals surface area contributed by atoms with Gasteiger partial charge in [0.1, 0.15) is 23.9 Å². The molecular formula is C13H8BrClFNO3. The molecule has 0 bridgehead atoms. The largest absolute Gasteiger partial charge is 0.488 e. The van der Waals surface area contributed by atoms with Crippen LogP contribution in [0.25, 0.3) is 0 Å². The van der Waals surface area contributed by atoms with Crippen molar-refractivity contribution in [2.24, 2.45) is 0 Å². The van der Waals surface area contributed by atoms with Crippen molar-refractivity contribution in [3.8, 4) is 5.75 Å². The van der Waals surface area contributed by atoms with Gasteiger partial charge in [-0.2, -0.15) is 0 Å². The van der Waals surface area contributed by atoms with E-state index in [1.165, 1.54) is 18.3 Å². The van der Waals surface area contributed by atoms with E-state index in [0.29, 0.717) is 10.0 Å². The van der Waals surface area contributed by atoms with Gasteiger partial charge < -0.3 is 9.84 Å². The molecule has 2 rings (SSSR count). The first kappa shape index (κ1) is 14.7. The first-order valence-corrected chi connectivity index (χ1v) is 6.60. The Labute approximate surface area is 127 Å². The van der Waals surface area contributed by atoms with E-state index < -0.39 is 11.8 Å². The van der Waals surface area contributed by atoms with Gasteiger partial charge in [-0.25, -0.2) is 14.2 Å². The second-order valence-electron chi connectivity index (χ2n) is 3.84. The minimum Gasteiger partial charge on any atom is -0.488 e. The number of carboxylic acids is 1. The zero-order valence-electron chi connectivity index (χ0n) is 9.94. The maximum absolute atomic E-state index is 13.3. The SMILES string of the molecule is O=C(O)c1cc(COc2cc(F)c(Cl)cc2Br)ccn1. The van der Waals surface area contributed by atoms with Crippen molar-refractivity contribution in [2.75, 3.05) is 0 Å². The Morgan fingerprint density at radius 2 is 2.20 bits per heavy atom. The Hall–Kier alpha value is -1.66. The molecular weight excluding hydrogens is 353 g/mol. The van der Waals surface area contributed by atoms with E-state index in [1.807, 2.05) is 0 Å². The lowest BCUT2D eigenvalue weighted by molar-refractivity contribution is 0.0690. The number of ether oxygens (including phenoxy) is 1. The minimum absolute atomic E-state index is 0.0127. The summed E-state index contributed by atoms with van der Waals surface area (Å²) in [5.41, 5.74) is 0.534. The fourth-order valence-electron chi connectivity index (χ4n) is 1.46. The molecule has 2 aromatic rings. The monoisotopic (exact) mass is 359 g/mol. The van der Waals surface area contributed by atoms with Crippen LogP contribution in [0.15, 0.2) is 34.9 Å². The van der Waals surface area contributed by atoms with Gasteiger partial charge in [-0.3, -0.25) is 0 Å². The van der Waals surface area contributed by atoms with Crippen molar-refractivity contribution in [3.63, 3.8) is 0 Å². The lowest BCUT2D eigenvalue weighted by atomic mass is 10.2. The summed E-state index contributed by atoms with van der Waals surface area (Å²) in [7, 11) is 0. The molecule has 0 amide bonds. The second-order valence-corrected chi connectivity index (χ2v) is 5.10. The number of hydrogen-bond acceptors (Lipinski definition) is 3. The molecule has 1 N–H and O–H groups in total. The highest BCUT2D eigenvalue weighted by Gasteiger charge is 2.09. The summed E-state index contributed by atoms with van der Waals surface area (Å²) in [5.74, 6) is -1.43. The van der Waals surface area contributed by atoms with Crippen LogP contribution < -0.4 is 4.74 Å². The fraction of sp³-hybridized carbons (Fsp3) is 0.0769. The number of nitrogens with zero attached hydrogens (tertiary/aromatic N) is 1. The molecule has 0 saturated carbocycles. The van der Waals surface area contributed by atoms with Crippen LogP contribution in [-0.4, -0.2) is 16.1 Å². The maximum atomic E-state index is 13.3. The summed E-state index contributed by atoms with van der Waals surface area (Å²) in [6, 6.07) is 5.56.